The fourth-order valence-electron chi connectivity index (χ4n) is 4.10. The van der Waals surface area contributed by atoms with Crippen LogP contribution in [0.1, 0.15) is 66.1 Å². The van der Waals surface area contributed by atoms with Crippen LogP contribution >= 0.6 is 17.0 Å². The maximum atomic E-state index is 13.2. The fraction of sp³-hybridized carbons (Fsp3) is 0.440. The second-order valence-electron chi connectivity index (χ2n) is 9.30. The topological polar surface area (TPSA) is 116 Å². The molecule has 0 fully saturated rings. The van der Waals surface area contributed by atoms with Crippen LogP contribution in [0.25, 0.3) is 0 Å². The number of aliphatic carboxylic acids is 1. The Morgan fingerprint density at radius 2 is 1.94 bits per heavy atom. The van der Waals surface area contributed by atoms with E-state index in [0.29, 0.717) is 30.1 Å². The van der Waals surface area contributed by atoms with Crippen molar-refractivity contribution in [1.82, 2.24) is 9.88 Å². The fourth-order valence-corrected chi connectivity index (χ4v) is 4.10. The average Bonchev–Trinajstić information content (AvgIpc) is 3.04. The van der Waals surface area contributed by atoms with E-state index in [1.807, 2.05) is 47.6 Å². The van der Waals surface area contributed by atoms with E-state index < -0.39 is 5.97 Å². The summed E-state index contributed by atoms with van der Waals surface area (Å²) < 4.78 is 5.74. The third-order valence-corrected chi connectivity index (χ3v) is 5.78. The van der Waals surface area contributed by atoms with Crippen LogP contribution in [0.2, 0.25) is 0 Å². The van der Waals surface area contributed by atoms with Gasteiger partial charge in [-0.3, -0.25) is 15.0 Å². The van der Waals surface area contributed by atoms with Crippen molar-refractivity contribution in [1.29, 1.82) is 5.41 Å². The zero-order valence-corrected chi connectivity index (χ0v) is 22.2. The Morgan fingerprint density at radius 3 is 2.53 bits per heavy atom. The van der Waals surface area contributed by atoms with Gasteiger partial charge in [0, 0.05) is 28.9 Å². The van der Waals surface area contributed by atoms with Crippen LogP contribution in [-0.4, -0.2) is 52.3 Å². The maximum absolute atomic E-state index is 13.2. The van der Waals surface area contributed by atoms with Crippen LogP contribution in [0, 0.1) is 19.3 Å². The summed E-state index contributed by atoms with van der Waals surface area (Å²) in [5, 5.41) is 20.5. The molecule has 2 heterocycles. The molecule has 8 nitrogen and oxygen atoms in total. The van der Waals surface area contributed by atoms with Gasteiger partial charge < -0.3 is 20.1 Å². The number of carbonyl (C=O) groups excluding carboxylic acids is 1. The number of nitrogens with zero attached hydrogens (tertiary/aromatic N) is 2. The monoisotopic (exact) mass is 532 g/mol. The number of amidine groups is 1. The van der Waals surface area contributed by atoms with Gasteiger partial charge in [-0.05, 0) is 49.9 Å². The molecule has 1 aliphatic heterocycles. The van der Waals surface area contributed by atoms with E-state index in [9.17, 15) is 9.59 Å². The van der Waals surface area contributed by atoms with Crippen LogP contribution in [0.3, 0.4) is 0 Å². The highest BCUT2D eigenvalue weighted by Gasteiger charge is 2.31. The van der Waals surface area contributed by atoms with Gasteiger partial charge in [-0.25, -0.2) is 4.98 Å². The number of aromatic nitrogens is 1. The first-order valence-electron chi connectivity index (χ1n) is 11.0. The van der Waals surface area contributed by atoms with Gasteiger partial charge in [0.15, 0.2) is 5.78 Å². The first-order valence-corrected chi connectivity index (χ1v) is 11.0. The second kappa shape index (κ2) is 10.5. The normalized spacial score (nSPS) is 12.8. The molecule has 184 valence electrons. The molecule has 0 aliphatic carbocycles. The Labute approximate surface area is 211 Å². The molecule has 0 saturated heterocycles. The Morgan fingerprint density at radius 1 is 1.26 bits per heavy atom. The molecule has 2 aromatic rings. The number of ketones is 1. The molecule has 0 saturated carbocycles. The van der Waals surface area contributed by atoms with Crippen molar-refractivity contribution in [2.75, 3.05) is 25.0 Å². The second-order valence-corrected chi connectivity index (χ2v) is 9.30. The molecule has 0 spiro atoms. The van der Waals surface area contributed by atoms with Gasteiger partial charge in [0.05, 0.1) is 18.8 Å². The maximum Gasteiger partial charge on any atom is 0.322 e. The van der Waals surface area contributed by atoms with Crippen molar-refractivity contribution in [3.8, 4) is 5.75 Å². The Kier molecular flexibility index (Phi) is 8.47. The van der Waals surface area contributed by atoms with E-state index >= 15 is 0 Å². The number of hydrogen-bond acceptors (Lipinski definition) is 6. The molecule has 3 rings (SSSR count). The molecule has 9 heteroatoms. The van der Waals surface area contributed by atoms with Crippen LogP contribution < -0.4 is 10.1 Å². The molecule has 1 aromatic carbocycles. The van der Waals surface area contributed by atoms with Gasteiger partial charge in [0.2, 0.25) is 0 Å². The number of ether oxygens (including phenoxy) is 1. The van der Waals surface area contributed by atoms with Gasteiger partial charge in [-0.1, -0.05) is 20.8 Å². The predicted octanol–water partition coefficient (Wildman–Crippen LogP) is 4.49. The van der Waals surface area contributed by atoms with Crippen LogP contribution in [0.5, 0.6) is 5.75 Å². The number of rotatable bonds is 8. The van der Waals surface area contributed by atoms with E-state index in [2.05, 4.69) is 10.3 Å². The number of carboxylic acids is 1. The van der Waals surface area contributed by atoms with Gasteiger partial charge >= 0.3 is 5.97 Å². The van der Waals surface area contributed by atoms with E-state index in [-0.39, 0.29) is 47.1 Å². The molecule has 1 aliphatic rings. The van der Waals surface area contributed by atoms with Crippen LogP contribution in [0.15, 0.2) is 18.2 Å². The van der Waals surface area contributed by atoms with E-state index in [1.165, 1.54) is 0 Å². The Bertz CT molecular complexity index is 1120. The number of halogens is 1. The third kappa shape index (κ3) is 5.58. The third-order valence-electron chi connectivity index (χ3n) is 5.78. The average molecular weight is 533 g/mol. The largest absolute Gasteiger partial charge is 0.492 e. The summed E-state index contributed by atoms with van der Waals surface area (Å²) in [7, 11) is 0. The van der Waals surface area contributed by atoms with Crippen molar-refractivity contribution < 1.29 is 19.4 Å². The lowest BCUT2D eigenvalue weighted by Gasteiger charge is -2.24. The molecule has 0 amide bonds. The van der Waals surface area contributed by atoms with E-state index in [4.69, 9.17) is 15.3 Å². The van der Waals surface area contributed by atoms with Gasteiger partial charge in [-0.15, -0.1) is 17.0 Å². The molecular formula is C25H33BrN4O4. The highest BCUT2D eigenvalue weighted by Crippen LogP contribution is 2.33. The molecule has 0 radical (unpaired) electrons. The van der Waals surface area contributed by atoms with Crippen LogP contribution in [0.4, 0.5) is 5.69 Å². The minimum Gasteiger partial charge on any atom is -0.492 e. The van der Waals surface area contributed by atoms with Crippen molar-refractivity contribution in [2.24, 2.45) is 0 Å². The summed E-state index contributed by atoms with van der Waals surface area (Å²) in [6.45, 7) is 12.6. The summed E-state index contributed by atoms with van der Waals surface area (Å²) in [4.78, 5) is 30.5. The zero-order chi connectivity index (χ0) is 24.5. The highest BCUT2D eigenvalue weighted by atomic mass is 79.9. The predicted molar refractivity (Wildman–Crippen MR) is 138 cm³/mol. The SMILES string of the molecule is Br.CCOc1c(C)nc2c(c1C)CN(CC(=O)c1ccc(NCC(=O)O)c(C(C)(C)C)c1)C2=N. The van der Waals surface area contributed by atoms with Gasteiger partial charge in [0.25, 0.3) is 0 Å². The summed E-state index contributed by atoms with van der Waals surface area (Å²) >= 11 is 0. The smallest absolute Gasteiger partial charge is 0.322 e. The number of Topliss-reactive ketones (excluding diaryl/α,β-unsaturated/α-hetero) is 1. The number of carboxylic acid groups (broad SMARTS) is 1. The van der Waals surface area contributed by atoms with Gasteiger partial charge in [-0.2, -0.15) is 0 Å². The number of fused-ring (bicyclic) bond motifs is 1. The number of anilines is 1. The molecule has 1 aromatic heterocycles. The minimum atomic E-state index is -0.950. The quantitative estimate of drug-likeness (QED) is 0.428. The minimum absolute atomic E-state index is 0. The molecular weight excluding hydrogens is 500 g/mol. The lowest BCUT2D eigenvalue weighted by atomic mass is 9.84. The standard InChI is InChI=1S/C25H32N4O4.BrH/c1-7-33-23-14(2)17-12-29(24(26)22(17)28-15(23)3)13-20(30)16-8-9-19(27-11-21(31)32)18(10-16)25(4,5)6;/h8-10,26-27H,7,11-13H2,1-6H3,(H,31,32);1H. The van der Waals surface area contributed by atoms with Crippen molar-refractivity contribution in [3.05, 3.63) is 51.8 Å². The lowest BCUT2D eigenvalue weighted by Crippen LogP contribution is -2.30. The molecule has 34 heavy (non-hydrogen) atoms. The summed E-state index contributed by atoms with van der Waals surface area (Å²) in [6.07, 6.45) is 0. The summed E-state index contributed by atoms with van der Waals surface area (Å²) in [5.41, 5.74) is 5.02. The van der Waals surface area contributed by atoms with Crippen LogP contribution in [-0.2, 0) is 16.8 Å². The number of hydrogen-bond donors (Lipinski definition) is 3. The van der Waals surface area contributed by atoms with E-state index in [0.717, 1.165) is 28.1 Å². The molecule has 0 unspecified atom stereocenters. The zero-order valence-electron chi connectivity index (χ0n) is 20.5. The lowest BCUT2D eigenvalue weighted by molar-refractivity contribution is -0.134. The Hall–Kier alpha value is -2.94. The molecule has 0 bridgehead atoms. The highest BCUT2D eigenvalue weighted by molar-refractivity contribution is 8.93. The number of pyridine rings is 1. The van der Waals surface area contributed by atoms with Crippen molar-refractivity contribution in [3.63, 3.8) is 0 Å². The van der Waals surface area contributed by atoms with Crippen molar-refractivity contribution in [2.45, 2.75) is 53.5 Å². The van der Waals surface area contributed by atoms with Crippen molar-refractivity contribution >= 4 is 40.3 Å². The van der Waals surface area contributed by atoms with Gasteiger partial charge in [0.1, 0.15) is 23.8 Å². The van der Waals surface area contributed by atoms with E-state index in [1.54, 1.807) is 17.0 Å². The number of nitrogens with one attached hydrogen (secondary N) is 2. The first-order chi connectivity index (χ1) is 15.4. The number of benzene rings is 1. The summed E-state index contributed by atoms with van der Waals surface area (Å²) in [6, 6.07) is 5.28. The summed E-state index contributed by atoms with van der Waals surface area (Å²) in [5.74, 6) is -0.0733. The molecule has 0 atom stereocenters. The first kappa shape index (κ1) is 27.3. The number of aryl methyl sites for hydroxylation is 1. The Balaban J connectivity index is 0.00000408. The molecule has 3 N–H and O–H groups in total. The number of carbonyl (C=O) groups is 2.